The largest absolute Gasteiger partial charge is 0.478 e. The molecule has 3 nitrogen and oxygen atoms in total. The van der Waals surface area contributed by atoms with Gasteiger partial charge in [-0.1, -0.05) is 19.4 Å². The summed E-state index contributed by atoms with van der Waals surface area (Å²) in [6, 6.07) is 5.82. The molecule has 80 valence electrons. The summed E-state index contributed by atoms with van der Waals surface area (Å²) in [5.74, 6) is -0.850. The van der Waals surface area contributed by atoms with Crippen LogP contribution in [0, 0.1) is 0 Å². The van der Waals surface area contributed by atoms with Gasteiger partial charge in [0.05, 0.1) is 5.56 Å². The molecule has 15 heavy (non-hydrogen) atoms. The van der Waals surface area contributed by atoms with E-state index >= 15 is 0 Å². The van der Waals surface area contributed by atoms with E-state index in [-0.39, 0.29) is 0 Å². The number of hydrogen-bond acceptors (Lipinski definition) is 2. The van der Waals surface area contributed by atoms with Gasteiger partial charge in [-0.3, -0.25) is 0 Å². The van der Waals surface area contributed by atoms with E-state index in [0.717, 1.165) is 24.9 Å². The number of carboxylic acids is 1. The van der Waals surface area contributed by atoms with E-state index in [9.17, 15) is 4.79 Å². The van der Waals surface area contributed by atoms with Crippen LogP contribution in [-0.2, 0) is 6.54 Å². The van der Waals surface area contributed by atoms with Crippen molar-refractivity contribution < 1.29 is 9.90 Å². The summed E-state index contributed by atoms with van der Waals surface area (Å²) in [5.41, 5.74) is 2.78. The molecule has 1 aliphatic rings. The van der Waals surface area contributed by atoms with Gasteiger partial charge in [0.1, 0.15) is 0 Å². The Morgan fingerprint density at radius 2 is 2.40 bits per heavy atom. The second kappa shape index (κ2) is 4.03. The molecule has 0 saturated carbocycles. The summed E-state index contributed by atoms with van der Waals surface area (Å²) in [5, 5.41) is 12.3. The van der Waals surface area contributed by atoms with Crippen LogP contribution in [0.2, 0.25) is 0 Å². The number of benzene rings is 1. The maximum atomic E-state index is 10.8. The lowest BCUT2D eigenvalue weighted by Crippen LogP contribution is -2.11. The quantitative estimate of drug-likeness (QED) is 0.796. The fourth-order valence-electron chi connectivity index (χ4n) is 2.12. The Morgan fingerprint density at radius 3 is 3.07 bits per heavy atom. The van der Waals surface area contributed by atoms with Crippen molar-refractivity contribution >= 4 is 5.97 Å². The summed E-state index contributed by atoms with van der Waals surface area (Å²) in [6.07, 6.45) is 2.25. The van der Waals surface area contributed by atoms with Crippen LogP contribution in [0.3, 0.4) is 0 Å². The average Bonchev–Trinajstić information content (AvgIpc) is 2.61. The zero-order valence-electron chi connectivity index (χ0n) is 8.79. The van der Waals surface area contributed by atoms with Gasteiger partial charge in [-0.25, -0.2) is 4.79 Å². The molecule has 0 saturated heterocycles. The molecule has 0 radical (unpaired) electrons. The minimum atomic E-state index is -0.850. The van der Waals surface area contributed by atoms with Crippen molar-refractivity contribution in [2.24, 2.45) is 0 Å². The molecule has 0 aromatic heterocycles. The smallest absolute Gasteiger partial charge is 0.335 e. The van der Waals surface area contributed by atoms with Crippen LogP contribution in [0.25, 0.3) is 0 Å². The molecule has 0 bridgehead atoms. The normalized spacial score (nSPS) is 18.9. The van der Waals surface area contributed by atoms with Crippen LogP contribution in [0.4, 0.5) is 0 Å². The lowest BCUT2D eigenvalue weighted by atomic mass is 9.99. The second-order valence-corrected chi connectivity index (χ2v) is 3.94. The molecule has 0 aliphatic carbocycles. The molecule has 1 heterocycles. The average molecular weight is 205 g/mol. The Bertz CT molecular complexity index is 387. The standard InChI is InChI=1S/C12H15NO2/c1-2-3-11-10-5-4-8(12(14)15)6-9(10)7-13-11/h4-6,11,13H,2-3,7H2,1H3,(H,14,15). The second-order valence-electron chi connectivity index (χ2n) is 3.94. The van der Waals surface area contributed by atoms with Gasteiger partial charge in [-0.05, 0) is 29.7 Å². The number of aromatic carboxylic acids is 1. The Kier molecular flexibility index (Phi) is 2.73. The van der Waals surface area contributed by atoms with E-state index in [1.165, 1.54) is 5.56 Å². The van der Waals surface area contributed by atoms with Crippen LogP contribution in [0.5, 0.6) is 0 Å². The molecule has 0 spiro atoms. The van der Waals surface area contributed by atoms with Crippen LogP contribution in [-0.4, -0.2) is 11.1 Å². The van der Waals surface area contributed by atoms with Crippen molar-refractivity contribution in [1.82, 2.24) is 5.32 Å². The van der Waals surface area contributed by atoms with Crippen LogP contribution in [0.15, 0.2) is 18.2 Å². The van der Waals surface area contributed by atoms with Crippen molar-refractivity contribution in [3.05, 3.63) is 34.9 Å². The maximum absolute atomic E-state index is 10.8. The summed E-state index contributed by atoms with van der Waals surface area (Å²) in [6.45, 7) is 2.95. The number of nitrogens with one attached hydrogen (secondary N) is 1. The van der Waals surface area contributed by atoms with Crippen molar-refractivity contribution in [3.8, 4) is 0 Å². The van der Waals surface area contributed by atoms with E-state index < -0.39 is 5.97 Å². The number of carboxylic acid groups (broad SMARTS) is 1. The molecule has 1 aromatic rings. The Morgan fingerprint density at radius 1 is 1.60 bits per heavy atom. The van der Waals surface area contributed by atoms with E-state index in [4.69, 9.17) is 5.11 Å². The third-order valence-corrected chi connectivity index (χ3v) is 2.88. The molecule has 1 aliphatic heterocycles. The van der Waals surface area contributed by atoms with Crippen LogP contribution in [0.1, 0.15) is 47.3 Å². The highest BCUT2D eigenvalue weighted by Gasteiger charge is 2.21. The molecular formula is C12H15NO2. The van der Waals surface area contributed by atoms with Crippen LogP contribution < -0.4 is 5.32 Å². The van der Waals surface area contributed by atoms with Gasteiger partial charge < -0.3 is 10.4 Å². The molecular weight excluding hydrogens is 190 g/mol. The highest BCUT2D eigenvalue weighted by atomic mass is 16.4. The van der Waals surface area contributed by atoms with Gasteiger partial charge in [0.25, 0.3) is 0 Å². The van der Waals surface area contributed by atoms with E-state index in [2.05, 4.69) is 12.2 Å². The first kappa shape index (κ1) is 10.2. The summed E-state index contributed by atoms with van der Waals surface area (Å²) in [7, 11) is 0. The highest BCUT2D eigenvalue weighted by Crippen LogP contribution is 2.29. The monoisotopic (exact) mass is 205 g/mol. The number of fused-ring (bicyclic) bond motifs is 1. The Labute approximate surface area is 89.1 Å². The third-order valence-electron chi connectivity index (χ3n) is 2.88. The number of rotatable bonds is 3. The minimum absolute atomic E-state index is 0.382. The number of carbonyl (C=O) groups is 1. The maximum Gasteiger partial charge on any atom is 0.335 e. The predicted octanol–water partition coefficient (Wildman–Crippen LogP) is 2.33. The van der Waals surface area contributed by atoms with E-state index in [1.54, 1.807) is 12.1 Å². The predicted molar refractivity (Wildman–Crippen MR) is 57.9 cm³/mol. The molecule has 1 atom stereocenters. The van der Waals surface area contributed by atoms with Crippen molar-refractivity contribution in [2.45, 2.75) is 32.4 Å². The van der Waals surface area contributed by atoms with Crippen molar-refractivity contribution in [3.63, 3.8) is 0 Å². The first-order chi connectivity index (χ1) is 7.22. The summed E-state index contributed by atoms with van der Waals surface area (Å²) < 4.78 is 0. The molecule has 0 fully saturated rings. The molecule has 0 amide bonds. The van der Waals surface area contributed by atoms with Gasteiger partial charge in [0, 0.05) is 12.6 Å². The fourth-order valence-corrected chi connectivity index (χ4v) is 2.12. The first-order valence-electron chi connectivity index (χ1n) is 5.32. The molecule has 2 rings (SSSR count). The Hall–Kier alpha value is -1.35. The molecule has 3 heteroatoms. The number of hydrogen-bond donors (Lipinski definition) is 2. The lowest BCUT2D eigenvalue weighted by Gasteiger charge is -2.10. The first-order valence-corrected chi connectivity index (χ1v) is 5.32. The van der Waals surface area contributed by atoms with Crippen molar-refractivity contribution in [2.75, 3.05) is 0 Å². The summed E-state index contributed by atoms with van der Waals surface area (Å²) in [4.78, 5) is 10.8. The molecule has 1 unspecified atom stereocenters. The SMILES string of the molecule is CCCC1NCc2cc(C(=O)O)ccc21. The zero-order chi connectivity index (χ0) is 10.8. The van der Waals surface area contributed by atoms with Gasteiger partial charge in [0.2, 0.25) is 0 Å². The Balaban J connectivity index is 2.29. The topological polar surface area (TPSA) is 49.3 Å². The van der Waals surface area contributed by atoms with E-state index in [1.807, 2.05) is 6.07 Å². The highest BCUT2D eigenvalue weighted by molar-refractivity contribution is 5.88. The van der Waals surface area contributed by atoms with Gasteiger partial charge >= 0.3 is 5.97 Å². The fraction of sp³-hybridized carbons (Fsp3) is 0.417. The summed E-state index contributed by atoms with van der Waals surface area (Å²) >= 11 is 0. The molecule has 2 N–H and O–H groups in total. The van der Waals surface area contributed by atoms with Crippen molar-refractivity contribution in [1.29, 1.82) is 0 Å². The van der Waals surface area contributed by atoms with Crippen LogP contribution >= 0.6 is 0 Å². The lowest BCUT2D eigenvalue weighted by molar-refractivity contribution is 0.0697. The van der Waals surface area contributed by atoms with Gasteiger partial charge in [-0.15, -0.1) is 0 Å². The minimum Gasteiger partial charge on any atom is -0.478 e. The molecule has 1 aromatic carbocycles. The van der Waals surface area contributed by atoms with Gasteiger partial charge in [0.15, 0.2) is 0 Å². The third kappa shape index (κ3) is 1.88. The van der Waals surface area contributed by atoms with Gasteiger partial charge in [-0.2, -0.15) is 0 Å². The van der Waals surface area contributed by atoms with E-state index in [0.29, 0.717) is 11.6 Å². The zero-order valence-corrected chi connectivity index (χ0v) is 8.79.